The summed E-state index contributed by atoms with van der Waals surface area (Å²) in [6.45, 7) is 12.1. The van der Waals surface area contributed by atoms with Crippen LogP contribution in [0.2, 0.25) is 0 Å². The van der Waals surface area contributed by atoms with E-state index in [2.05, 4.69) is 4.99 Å². The number of carbonyl (C=O) groups is 1. The summed E-state index contributed by atoms with van der Waals surface area (Å²) in [5.74, 6) is -0.463. The molecule has 6 heteroatoms. The van der Waals surface area contributed by atoms with Crippen LogP contribution in [0.5, 0.6) is 0 Å². The third kappa shape index (κ3) is 4.19. The van der Waals surface area contributed by atoms with Crippen LogP contribution in [0.1, 0.15) is 47.1 Å². The number of aliphatic imine (C=N–C) groups is 1. The molecule has 134 valence electrons. The van der Waals surface area contributed by atoms with Gasteiger partial charge in [-0.1, -0.05) is 24.3 Å². The Morgan fingerprint density at radius 1 is 1.20 bits per heavy atom. The minimum Gasteiger partial charge on any atom is -0.462 e. The molecule has 0 aliphatic carbocycles. The predicted molar refractivity (Wildman–Crippen MR) is 101 cm³/mol. The molecule has 0 aromatic heterocycles. The maximum atomic E-state index is 11.6. The van der Waals surface area contributed by atoms with Crippen LogP contribution in [-0.4, -0.2) is 37.1 Å². The van der Waals surface area contributed by atoms with Gasteiger partial charge in [0.25, 0.3) is 0 Å². The maximum absolute atomic E-state index is 11.6. The molecular formula is C19H26BNO4. The molecule has 0 spiro atoms. The number of carbonyl (C=O) groups excluding carboxylic acids is 1. The van der Waals surface area contributed by atoms with E-state index in [4.69, 9.17) is 14.0 Å². The van der Waals surface area contributed by atoms with Crippen molar-refractivity contribution in [3.05, 3.63) is 35.9 Å². The Bertz CT molecular complexity index is 678. The molecule has 1 fully saturated rings. The van der Waals surface area contributed by atoms with Gasteiger partial charge in [0.2, 0.25) is 0 Å². The van der Waals surface area contributed by atoms with Crippen molar-refractivity contribution in [2.75, 3.05) is 6.61 Å². The number of esters is 1. The monoisotopic (exact) mass is 343 g/mol. The highest BCUT2D eigenvalue weighted by Gasteiger charge is 2.52. The zero-order chi connectivity index (χ0) is 18.7. The first-order chi connectivity index (χ1) is 11.7. The average Bonchev–Trinajstić information content (AvgIpc) is 2.75. The van der Waals surface area contributed by atoms with Crippen molar-refractivity contribution in [2.24, 2.45) is 4.99 Å². The second-order valence-electron chi connectivity index (χ2n) is 6.86. The molecular weight excluding hydrogens is 317 g/mol. The molecule has 5 nitrogen and oxygen atoms in total. The molecule has 2 rings (SSSR count). The molecule has 0 unspecified atom stereocenters. The second kappa shape index (κ2) is 7.54. The van der Waals surface area contributed by atoms with E-state index in [1.807, 2.05) is 65.0 Å². The van der Waals surface area contributed by atoms with E-state index < -0.39 is 24.3 Å². The summed E-state index contributed by atoms with van der Waals surface area (Å²) in [6.07, 6.45) is 3.15. The first kappa shape index (κ1) is 19.4. The van der Waals surface area contributed by atoms with Gasteiger partial charge in [-0.3, -0.25) is 0 Å². The predicted octanol–water partition coefficient (Wildman–Crippen LogP) is 3.99. The molecule has 0 amide bonds. The number of allylic oxidation sites excluding steroid dienone is 1. The van der Waals surface area contributed by atoms with Crippen molar-refractivity contribution in [3.8, 4) is 0 Å². The van der Waals surface area contributed by atoms with Gasteiger partial charge in [0, 0.05) is 0 Å². The lowest BCUT2D eigenvalue weighted by molar-refractivity contribution is -0.134. The Balaban J connectivity index is 2.33. The highest BCUT2D eigenvalue weighted by atomic mass is 16.7. The lowest BCUT2D eigenvalue weighted by Gasteiger charge is -2.32. The molecule has 0 saturated carbocycles. The maximum Gasteiger partial charge on any atom is 0.495 e. The molecule has 0 atom stereocenters. The van der Waals surface area contributed by atoms with Crippen molar-refractivity contribution < 1.29 is 18.8 Å². The lowest BCUT2D eigenvalue weighted by Crippen LogP contribution is -2.41. The highest BCUT2D eigenvalue weighted by Crippen LogP contribution is 2.41. The number of ether oxygens (including phenoxy) is 1. The number of benzene rings is 1. The Kier molecular flexibility index (Phi) is 5.85. The molecule has 1 saturated heterocycles. The van der Waals surface area contributed by atoms with Gasteiger partial charge in [-0.2, -0.15) is 0 Å². The summed E-state index contributed by atoms with van der Waals surface area (Å²) < 4.78 is 17.2. The van der Waals surface area contributed by atoms with Crippen LogP contribution in [0.4, 0.5) is 5.69 Å². The Morgan fingerprint density at radius 3 is 2.36 bits per heavy atom. The molecule has 0 N–H and O–H groups in total. The SMILES string of the molecule is C/C=C(/B1OC(C)(C)C(C)(C)O1)c1ccccc1/N=C/C(=O)OCC. The standard InChI is InChI=1S/C19H26BNO4/c1-7-15(20-24-18(3,4)19(5,6)25-20)14-11-9-10-12-16(14)21-13-17(22)23-8-2/h7,9-13H,8H2,1-6H3/b15-7+,21-13+. The van der Waals surface area contributed by atoms with E-state index in [9.17, 15) is 4.79 Å². The molecule has 1 heterocycles. The van der Waals surface area contributed by atoms with Crippen LogP contribution in [0.15, 0.2) is 35.3 Å². The fraction of sp³-hybridized carbons (Fsp3) is 0.474. The van der Waals surface area contributed by atoms with E-state index in [1.165, 1.54) is 6.21 Å². The quantitative estimate of drug-likeness (QED) is 0.461. The minimum atomic E-state index is -0.492. The first-order valence-corrected chi connectivity index (χ1v) is 8.54. The van der Waals surface area contributed by atoms with Crippen LogP contribution in [0.25, 0.3) is 5.47 Å². The summed E-state index contributed by atoms with van der Waals surface area (Å²) in [7, 11) is -0.492. The van der Waals surface area contributed by atoms with Crippen LogP contribution >= 0.6 is 0 Å². The van der Waals surface area contributed by atoms with Crippen molar-refractivity contribution in [2.45, 2.75) is 52.7 Å². The normalized spacial score (nSPS) is 19.4. The van der Waals surface area contributed by atoms with Crippen LogP contribution in [0.3, 0.4) is 0 Å². The molecule has 1 aromatic rings. The van der Waals surface area contributed by atoms with Gasteiger partial charge in [-0.05, 0) is 58.6 Å². The van der Waals surface area contributed by atoms with Gasteiger partial charge in [0.15, 0.2) is 0 Å². The first-order valence-electron chi connectivity index (χ1n) is 8.54. The zero-order valence-corrected chi connectivity index (χ0v) is 15.8. The number of hydrogen-bond donors (Lipinski definition) is 0. The lowest BCUT2D eigenvalue weighted by atomic mass is 9.73. The van der Waals surface area contributed by atoms with Gasteiger partial charge in [-0.15, -0.1) is 0 Å². The minimum absolute atomic E-state index is 0.320. The molecule has 0 bridgehead atoms. The van der Waals surface area contributed by atoms with Gasteiger partial charge < -0.3 is 14.0 Å². The van der Waals surface area contributed by atoms with Crippen LogP contribution in [-0.2, 0) is 18.8 Å². The van der Waals surface area contributed by atoms with Gasteiger partial charge in [0.1, 0.15) is 6.21 Å². The molecule has 25 heavy (non-hydrogen) atoms. The molecule has 1 aromatic carbocycles. The van der Waals surface area contributed by atoms with Crippen molar-refractivity contribution in [1.82, 2.24) is 0 Å². The van der Waals surface area contributed by atoms with Crippen LogP contribution in [0, 0.1) is 0 Å². The fourth-order valence-electron chi connectivity index (χ4n) is 2.52. The van der Waals surface area contributed by atoms with Crippen LogP contribution < -0.4 is 0 Å². The number of hydrogen-bond acceptors (Lipinski definition) is 5. The van der Waals surface area contributed by atoms with E-state index in [-0.39, 0.29) is 0 Å². The van der Waals surface area contributed by atoms with Gasteiger partial charge in [0.05, 0.1) is 23.5 Å². The average molecular weight is 343 g/mol. The van der Waals surface area contributed by atoms with E-state index in [1.54, 1.807) is 6.92 Å². The summed E-state index contributed by atoms with van der Waals surface area (Å²) in [5, 5.41) is 0. The zero-order valence-electron chi connectivity index (χ0n) is 15.8. The summed E-state index contributed by atoms with van der Waals surface area (Å²) in [4.78, 5) is 15.8. The summed E-state index contributed by atoms with van der Waals surface area (Å²) >= 11 is 0. The number of nitrogens with zero attached hydrogens (tertiary/aromatic N) is 1. The van der Waals surface area contributed by atoms with E-state index >= 15 is 0 Å². The Morgan fingerprint density at radius 2 is 1.80 bits per heavy atom. The topological polar surface area (TPSA) is 57.1 Å². The molecule has 0 radical (unpaired) electrons. The van der Waals surface area contributed by atoms with Crippen molar-refractivity contribution in [1.29, 1.82) is 0 Å². The largest absolute Gasteiger partial charge is 0.495 e. The second-order valence-corrected chi connectivity index (χ2v) is 6.86. The van der Waals surface area contributed by atoms with Crippen molar-refractivity contribution >= 4 is 30.5 Å². The molecule has 1 aliphatic heterocycles. The van der Waals surface area contributed by atoms with Crippen molar-refractivity contribution in [3.63, 3.8) is 0 Å². The van der Waals surface area contributed by atoms with Gasteiger partial charge >= 0.3 is 13.1 Å². The fourth-order valence-corrected chi connectivity index (χ4v) is 2.52. The highest BCUT2D eigenvalue weighted by molar-refractivity contribution is 6.69. The number of rotatable bonds is 5. The molecule has 1 aliphatic rings. The van der Waals surface area contributed by atoms with E-state index in [0.29, 0.717) is 12.3 Å². The summed E-state index contributed by atoms with van der Waals surface area (Å²) in [5.41, 5.74) is 1.57. The smallest absolute Gasteiger partial charge is 0.462 e. The third-order valence-corrected chi connectivity index (χ3v) is 4.63. The Labute approximate surface area is 150 Å². The summed E-state index contributed by atoms with van der Waals surface area (Å²) in [6, 6.07) is 7.59. The van der Waals surface area contributed by atoms with Gasteiger partial charge in [-0.25, -0.2) is 9.79 Å². The third-order valence-electron chi connectivity index (χ3n) is 4.63. The Hall–Kier alpha value is -1.92. The number of para-hydroxylation sites is 1. The van der Waals surface area contributed by atoms with E-state index in [0.717, 1.165) is 11.0 Å².